The first-order valence-corrected chi connectivity index (χ1v) is 3.60. The second kappa shape index (κ2) is 2.97. The zero-order chi connectivity index (χ0) is 7.56. The molecule has 1 nitrogen and oxygen atoms in total. The van der Waals surface area contributed by atoms with Crippen LogP contribution in [-0.4, -0.2) is 7.11 Å². The van der Waals surface area contributed by atoms with E-state index in [1.165, 1.54) is 5.56 Å². The number of rotatable bonds is 1. The Labute approximate surface area is 66.4 Å². The Morgan fingerprint density at radius 2 is 2.10 bits per heavy atom. The third-order valence-electron chi connectivity index (χ3n) is 1.43. The van der Waals surface area contributed by atoms with Crippen molar-refractivity contribution < 1.29 is 4.74 Å². The lowest BCUT2D eigenvalue weighted by Gasteiger charge is -1.98. The van der Waals surface area contributed by atoms with Crippen molar-refractivity contribution in [1.29, 1.82) is 0 Å². The fourth-order valence-corrected chi connectivity index (χ4v) is 0.919. The standard InChI is InChI=1S/C8H10OS/c1-6-5-7(9-2)3-4-8(6)10/h3-5,10H,1-2H3/p+1. The maximum atomic E-state index is 5.03. The Morgan fingerprint density at radius 3 is 2.60 bits per heavy atom. The molecule has 0 atom stereocenters. The number of aryl methyl sites for hydroxylation is 1. The lowest BCUT2D eigenvalue weighted by Crippen LogP contribution is -1.84. The minimum atomic E-state index is 0.902. The van der Waals surface area contributed by atoms with Gasteiger partial charge in [0.05, 0.1) is 7.11 Å². The quantitative estimate of drug-likeness (QED) is 0.557. The topological polar surface area (TPSA) is 9.23 Å². The Bertz CT molecular complexity index is 233. The summed E-state index contributed by atoms with van der Waals surface area (Å²) in [6, 6.07) is 5.89. The van der Waals surface area contributed by atoms with Crippen LogP contribution in [0.25, 0.3) is 0 Å². The Balaban J connectivity index is 3.04. The van der Waals surface area contributed by atoms with E-state index < -0.39 is 0 Å². The fraction of sp³-hybridized carbons (Fsp3) is 0.250. The first kappa shape index (κ1) is 7.48. The summed E-state index contributed by atoms with van der Waals surface area (Å²) in [6.07, 6.45) is 0. The molecule has 0 fully saturated rings. The van der Waals surface area contributed by atoms with Crippen LogP contribution in [0.2, 0.25) is 0 Å². The van der Waals surface area contributed by atoms with E-state index >= 15 is 0 Å². The molecule has 0 aliphatic carbocycles. The van der Waals surface area contributed by atoms with Crippen molar-refractivity contribution >= 4 is 12.6 Å². The van der Waals surface area contributed by atoms with Crippen LogP contribution in [0.4, 0.5) is 0 Å². The molecule has 0 N–H and O–H groups in total. The minimum Gasteiger partial charge on any atom is -0.497 e. The summed E-state index contributed by atoms with van der Waals surface area (Å²) in [5.41, 5.74) is 1.19. The summed E-state index contributed by atoms with van der Waals surface area (Å²) < 4.78 is 5.03. The van der Waals surface area contributed by atoms with Gasteiger partial charge in [-0.3, -0.25) is 0 Å². The summed E-state index contributed by atoms with van der Waals surface area (Å²) >= 11 is 3.45. The zero-order valence-electron chi connectivity index (χ0n) is 6.14. The van der Waals surface area contributed by atoms with Gasteiger partial charge < -0.3 is 4.74 Å². The summed E-state index contributed by atoms with van der Waals surface area (Å²) in [6.45, 7) is 2.03. The molecule has 0 heterocycles. The number of hydrogen-bond acceptors (Lipinski definition) is 1. The highest BCUT2D eigenvalue weighted by atomic mass is 32.1. The first-order valence-electron chi connectivity index (χ1n) is 3.10. The van der Waals surface area contributed by atoms with Gasteiger partial charge in [0.1, 0.15) is 5.75 Å². The smallest absolute Gasteiger partial charge is 0.153 e. The molecule has 0 unspecified atom stereocenters. The fourth-order valence-electron chi connectivity index (χ4n) is 0.763. The van der Waals surface area contributed by atoms with Crippen molar-refractivity contribution in [2.75, 3.05) is 7.11 Å². The van der Waals surface area contributed by atoms with Crippen LogP contribution in [0.3, 0.4) is 0 Å². The Kier molecular flexibility index (Phi) is 2.22. The third-order valence-corrected chi connectivity index (χ3v) is 1.99. The van der Waals surface area contributed by atoms with Crippen LogP contribution in [-0.2, 0) is 12.6 Å². The Morgan fingerprint density at radius 1 is 1.40 bits per heavy atom. The molecule has 0 bridgehead atoms. The highest BCUT2D eigenvalue weighted by Crippen LogP contribution is 2.15. The van der Waals surface area contributed by atoms with Crippen molar-refractivity contribution in [2.24, 2.45) is 0 Å². The highest BCUT2D eigenvalue weighted by molar-refractivity contribution is 7.58. The predicted octanol–water partition coefficient (Wildman–Crippen LogP) is 1.37. The molecule has 1 rings (SSSR count). The molecule has 1 aromatic carbocycles. The van der Waals surface area contributed by atoms with Crippen molar-refractivity contribution in [2.45, 2.75) is 11.8 Å². The number of hydrogen-bond donors (Lipinski definition) is 0. The van der Waals surface area contributed by atoms with Crippen molar-refractivity contribution in [3.8, 4) is 5.75 Å². The van der Waals surface area contributed by atoms with Gasteiger partial charge in [0, 0.05) is 5.56 Å². The predicted molar refractivity (Wildman–Crippen MR) is 46.2 cm³/mol. The maximum absolute atomic E-state index is 5.03. The second-order valence-corrected chi connectivity index (χ2v) is 2.72. The van der Waals surface area contributed by atoms with Gasteiger partial charge in [0.15, 0.2) is 4.90 Å². The summed E-state index contributed by atoms with van der Waals surface area (Å²) in [5, 5.41) is 0. The van der Waals surface area contributed by atoms with Crippen LogP contribution in [0.15, 0.2) is 23.1 Å². The number of ether oxygens (including phenoxy) is 1. The minimum absolute atomic E-state index is 0.902. The van der Waals surface area contributed by atoms with Gasteiger partial charge in [0.25, 0.3) is 0 Å². The van der Waals surface area contributed by atoms with Crippen molar-refractivity contribution in [1.82, 2.24) is 0 Å². The molecule has 0 spiro atoms. The van der Waals surface area contributed by atoms with Crippen LogP contribution >= 0.6 is 0 Å². The summed E-state index contributed by atoms with van der Waals surface area (Å²) in [7, 11) is 1.67. The van der Waals surface area contributed by atoms with Crippen LogP contribution in [0.5, 0.6) is 5.75 Å². The lowest BCUT2D eigenvalue weighted by molar-refractivity contribution is 0.414. The van der Waals surface area contributed by atoms with E-state index in [0.717, 1.165) is 10.6 Å². The number of benzene rings is 1. The average Bonchev–Trinajstić information content (AvgIpc) is 1.95. The largest absolute Gasteiger partial charge is 0.497 e. The Hall–Kier alpha value is -0.630. The molecule has 0 amide bonds. The highest BCUT2D eigenvalue weighted by Gasteiger charge is 1.98. The van der Waals surface area contributed by atoms with Crippen LogP contribution in [0, 0.1) is 6.92 Å². The number of methoxy groups -OCH3 is 1. The summed E-state index contributed by atoms with van der Waals surface area (Å²) in [4.78, 5) is 1.11. The molecule has 2 heteroatoms. The third kappa shape index (κ3) is 1.45. The van der Waals surface area contributed by atoms with Crippen LogP contribution < -0.4 is 4.74 Å². The van der Waals surface area contributed by atoms with Gasteiger partial charge in [-0.25, -0.2) is 0 Å². The van der Waals surface area contributed by atoms with E-state index in [9.17, 15) is 0 Å². The normalized spacial score (nSPS) is 9.50. The molecule has 0 aliphatic rings. The van der Waals surface area contributed by atoms with Gasteiger partial charge in [0.2, 0.25) is 0 Å². The van der Waals surface area contributed by atoms with E-state index in [4.69, 9.17) is 4.74 Å². The molecule has 0 saturated heterocycles. The van der Waals surface area contributed by atoms with Crippen molar-refractivity contribution in [3.05, 3.63) is 23.8 Å². The molecule has 54 valence electrons. The molecule has 10 heavy (non-hydrogen) atoms. The molecule has 0 radical (unpaired) electrons. The van der Waals surface area contributed by atoms with Gasteiger partial charge in [-0.2, -0.15) is 0 Å². The lowest BCUT2D eigenvalue weighted by atomic mass is 10.2. The van der Waals surface area contributed by atoms with Crippen molar-refractivity contribution in [3.63, 3.8) is 0 Å². The van der Waals surface area contributed by atoms with E-state index in [2.05, 4.69) is 12.6 Å². The maximum Gasteiger partial charge on any atom is 0.153 e. The van der Waals surface area contributed by atoms with Gasteiger partial charge in [-0.15, -0.1) is 0 Å². The zero-order valence-corrected chi connectivity index (χ0v) is 7.14. The average molecular weight is 155 g/mol. The second-order valence-electron chi connectivity index (χ2n) is 2.18. The monoisotopic (exact) mass is 155 g/mol. The van der Waals surface area contributed by atoms with Gasteiger partial charge in [-0.05, 0) is 37.8 Å². The van der Waals surface area contributed by atoms with Gasteiger partial charge >= 0.3 is 0 Å². The SMILES string of the molecule is COc1ccc([SH2+])c(C)c1. The molecular formula is C8H11OS+. The van der Waals surface area contributed by atoms with E-state index in [1.54, 1.807) is 7.11 Å². The van der Waals surface area contributed by atoms with E-state index in [0.29, 0.717) is 0 Å². The molecule has 0 saturated carbocycles. The summed E-state index contributed by atoms with van der Waals surface area (Å²) in [5.74, 6) is 0.902. The molecule has 0 aromatic heterocycles. The van der Waals surface area contributed by atoms with E-state index in [-0.39, 0.29) is 0 Å². The molecule has 0 aliphatic heterocycles. The molecule has 1 aromatic rings. The van der Waals surface area contributed by atoms with Crippen LogP contribution in [0.1, 0.15) is 5.56 Å². The van der Waals surface area contributed by atoms with E-state index in [1.807, 2.05) is 25.1 Å². The first-order chi connectivity index (χ1) is 4.74. The molecular weight excluding hydrogens is 144 g/mol. The van der Waals surface area contributed by atoms with Gasteiger partial charge in [-0.1, -0.05) is 0 Å².